The van der Waals surface area contributed by atoms with Gasteiger partial charge >= 0.3 is 0 Å². The minimum atomic E-state index is 0.266. The van der Waals surface area contributed by atoms with Crippen molar-refractivity contribution in [2.45, 2.75) is 23.8 Å². The Bertz CT molecular complexity index is 343. The summed E-state index contributed by atoms with van der Waals surface area (Å²) in [6.07, 6.45) is 1.85. The van der Waals surface area contributed by atoms with Crippen LogP contribution in [0.1, 0.15) is 12.8 Å². The molecule has 0 saturated heterocycles. The first-order chi connectivity index (χ1) is 7.85. The molecule has 1 heterocycles. The van der Waals surface area contributed by atoms with Crippen LogP contribution in [0.4, 0.5) is 5.69 Å². The van der Waals surface area contributed by atoms with E-state index in [1.165, 1.54) is 4.90 Å². The van der Waals surface area contributed by atoms with Crippen molar-refractivity contribution in [1.82, 2.24) is 0 Å². The molecule has 1 atom stereocenters. The van der Waals surface area contributed by atoms with Gasteiger partial charge in [0.15, 0.2) is 0 Å². The molecule has 1 unspecified atom stereocenters. The zero-order valence-electron chi connectivity index (χ0n) is 9.40. The average Bonchev–Trinajstić information content (AvgIpc) is 2.35. The average molecular weight is 239 g/mol. The Labute approximate surface area is 100 Å². The lowest BCUT2D eigenvalue weighted by Gasteiger charge is -2.27. The van der Waals surface area contributed by atoms with Crippen molar-refractivity contribution in [3.8, 4) is 5.75 Å². The molecule has 2 rings (SSSR count). The van der Waals surface area contributed by atoms with E-state index < -0.39 is 0 Å². The van der Waals surface area contributed by atoms with Gasteiger partial charge in [0.25, 0.3) is 0 Å². The molecule has 88 valence electrons. The molecule has 0 aliphatic carbocycles. The fourth-order valence-electron chi connectivity index (χ4n) is 1.87. The number of rotatable bonds is 4. The summed E-state index contributed by atoms with van der Waals surface area (Å²) in [4.78, 5) is 1.25. The number of thioether (sulfide) groups is 1. The third kappa shape index (κ3) is 2.44. The van der Waals surface area contributed by atoms with Gasteiger partial charge < -0.3 is 15.2 Å². The monoisotopic (exact) mass is 239 g/mol. The summed E-state index contributed by atoms with van der Waals surface area (Å²) < 4.78 is 5.34. The Morgan fingerprint density at radius 1 is 1.56 bits per heavy atom. The van der Waals surface area contributed by atoms with Crippen LogP contribution in [0.3, 0.4) is 0 Å². The van der Waals surface area contributed by atoms with Gasteiger partial charge in [-0.25, -0.2) is 0 Å². The van der Waals surface area contributed by atoms with E-state index in [4.69, 9.17) is 9.84 Å². The summed E-state index contributed by atoms with van der Waals surface area (Å²) in [5.41, 5.74) is 1.10. The van der Waals surface area contributed by atoms with Crippen LogP contribution in [0.25, 0.3) is 0 Å². The smallest absolute Gasteiger partial charge is 0.143 e. The van der Waals surface area contributed by atoms with Crippen LogP contribution in [-0.2, 0) is 0 Å². The number of para-hydroxylation sites is 1. The molecule has 0 bridgehead atoms. The minimum Gasteiger partial charge on any atom is -0.495 e. The molecule has 0 amide bonds. The van der Waals surface area contributed by atoms with Gasteiger partial charge in [0.2, 0.25) is 0 Å². The molecule has 3 nitrogen and oxygen atoms in total. The van der Waals surface area contributed by atoms with Crippen LogP contribution >= 0.6 is 11.8 Å². The normalized spacial score (nSPS) is 18.8. The Kier molecular flexibility index (Phi) is 3.96. The highest BCUT2D eigenvalue weighted by Crippen LogP contribution is 2.40. The predicted octanol–water partition coefficient (Wildman–Crippen LogP) is 2.35. The number of methoxy groups -OCH3 is 1. The zero-order valence-corrected chi connectivity index (χ0v) is 10.2. The third-order valence-electron chi connectivity index (χ3n) is 2.71. The van der Waals surface area contributed by atoms with Gasteiger partial charge in [0, 0.05) is 23.3 Å². The molecule has 1 aliphatic rings. The predicted molar refractivity (Wildman–Crippen MR) is 67.4 cm³/mol. The van der Waals surface area contributed by atoms with E-state index in [1.807, 2.05) is 23.9 Å². The Morgan fingerprint density at radius 3 is 3.19 bits per heavy atom. The lowest BCUT2D eigenvalue weighted by atomic mass is 10.1. The molecule has 1 aromatic carbocycles. The van der Waals surface area contributed by atoms with E-state index in [1.54, 1.807) is 7.11 Å². The molecule has 4 heteroatoms. The summed E-state index contributed by atoms with van der Waals surface area (Å²) in [5.74, 6) is 1.96. The fourth-order valence-corrected chi connectivity index (χ4v) is 2.98. The third-order valence-corrected chi connectivity index (χ3v) is 3.93. The van der Waals surface area contributed by atoms with E-state index in [-0.39, 0.29) is 6.61 Å². The van der Waals surface area contributed by atoms with Crippen molar-refractivity contribution < 1.29 is 9.84 Å². The molecule has 0 radical (unpaired) electrons. The molecule has 0 fully saturated rings. The minimum absolute atomic E-state index is 0.266. The first-order valence-corrected chi connectivity index (χ1v) is 6.51. The molecule has 0 spiro atoms. The summed E-state index contributed by atoms with van der Waals surface area (Å²) in [7, 11) is 1.69. The highest BCUT2D eigenvalue weighted by Gasteiger charge is 2.20. The SMILES string of the molecule is COc1cccc2c1NC(CCCO)CS2. The van der Waals surface area contributed by atoms with Crippen LogP contribution < -0.4 is 10.1 Å². The van der Waals surface area contributed by atoms with Crippen molar-refractivity contribution in [3.05, 3.63) is 18.2 Å². The number of aliphatic hydroxyl groups excluding tert-OH is 1. The Hall–Kier alpha value is -0.870. The lowest BCUT2D eigenvalue weighted by molar-refractivity contribution is 0.282. The number of hydrogen-bond acceptors (Lipinski definition) is 4. The second-order valence-corrected chi connectivity index (χ2v) is 4.91. The maximum absolute atomic E-state index is 8.83. The highest BCUT2D eigenvalue weighted by atomic mass is 32.2. The second kappa shape index (κ2) is 5.46. The van der Waals surface area contributed by atoms with Crippen LogP contribution in [-0.4, -0.2) is 30.6 Å². The van der Waals surface area contributed by atoms with E-state index in [9.17, 15) is 0 Å². The number of ether oxygens (including phenoxy) is 1. The van der Waals surface area contributed by atoms with E-state index in [0.717, 1.165) is 30.0 Å². The number of benzene rings is 1. The molecular formula is C12H17NO2S. The van der Waals surface area contributed by atoms with Gasteiger partial charge in [0.1, 0.15) is 5.75 Å². The summed E-state index contributed by atoms with van der Waals surface area (Å²) in [5, 5.41) is 12.3. The Balaban J connectivity index is 2.11. The molecule has 0 saturated carbocycles. The van der Waals surface area contributed by atoms with Crippen molar-refractivity contribution in [2.24, 2.45) is 0 Å². The summed E-state index contributed by atoms with van der Waals surface area (Å²) in [6, 6.07) is 6.53. The molecular weight excluding hydrogens is 222 g/mol. The van der Waals surface area contributed by atoms with Gasteiger partial charge in [-0.1, -0.05) is 6.07 Å². The van der Waals surface area contributed by atoms with Crippen molar-refractivity contribution >= 4 is 17.4 Å². The van der Waals surface area contributed by atoms with Crippen LogP contribution in [0.2, 0.25) is 0 Å². The first kappa shape index (κ1) is 11.6. The first-order valence-electron chi connectivity index (χ1n) is 5.52. The molecule has 16 heavy (non-hydrogen) atoms. The maximum Gasteiger partial charge on any atom is 0.143 e. The summed E-state index contributed by atoms with van der Waals surface area (Å²) >= 11 is 1.85. The number of anilines is 1. The summed E-state index contributed by atoms with van der Waals surface area (Å²) in [6.45, 7) is 0.266. The number of nitrogens with one attached hydrogen (secondary N) is 1. The largest absolute Gasteiger partial charge is 0.495 e. The molecule has 1 aliphatic heterocycles. The zero-order chi connectivity index (χ0) is 11.4. The fraction of sp³-hybridized carbons (Fsp3) is 0.500. The topological polar surface area (TPSA) is 41.5 Å². The molecule has 2 N–H and O–H groups in total. The van der Waals surface area contributed by atoms with Gasteiger partial charge in [-0.2, -0.15) is 0 Å². The number of aliphatic hydroxyl groups is 1. The van der Waals surface area contributed by atoms with E-state index in [0.29, 0.717) is 6.04 Å². The van der Waals surface area contributed by atoms with Gasteiger partial charge in [-0.05, 0) is 25.0 Å². The van der Waals surface area contributed by atoms with Crippen LogP contribution in [0.15, 0.2) is 23.1 Å². The van der Waals surface area contributed by atoms with Gasteiger partial charge in [-0.3, -0.25) is 0 Å². The lowest BCUT2D eigenvalue weighted by Crippen LogP contribution is -2.26. The molecule has 0 aromatic heterocycles. The van der Waals surface area contributed by atoms with Gasteiger partial charge in [0.05, 0.1) is 12.8 Å². The van der Waals surface area contributed by atoms with Crippen LogP contribution in [0.5, 0.6) is 5.75 Å². The van der Waals surface area contributed by atoms with Crippen molar-refractivity contribution in [2.75, 3.05) is 24.8 Å². The Morgan fingerprint density at radius 2 is 2.44 bits per heavy atom. The van der Waals surface area contributed by atoms with Gasteiger partial charge in [-0.15, -0.1) is 11.8 Å². The van der Waals surface area contributed by atoms with Crippen molar-refractivity contribution in [1.29, 1.82) is 0 Å². The standard InChI is InChI=1S/C12H17NO2S/c1-15-10-5-2-6-11-12(10)13-9(8-16-11)4-3-7-14/h2,5-6,9,13-14H,3-4,7-8H2,1H3. The van der Waals surface area contributed by atoms with Crippen LogP contribution in [0, 0.1) is 0 Å². The highest BCUT2D eigenvalue weighted by molar-refractivity contribution is 7.99. The van der Waals surface area contributed by atoms with E-state index >= 15 is 0 Å². The number of hydrogen-bond donors (Lipinski definition) is 2. The van der Waals surface area contributed by atoms with E-state index in [2.05, 4.69) is 11.4 Å². The molecule has 1 aromatic rings. The van der Waals surface area contributed by atoms with Crippen molar-refractivity contribution in [3.63, 3.8) is 0 Å². The second-order valence-electron chi connectivity index (χ2n) is 3.85. The quantitative estimate of drug-likeness (QED) is 0.846. The number of fused-ring (bicyclic) bond motifs is 1. The maximum atomic E-state index is 8.83.